The van der Waals surface area contributed by atoms with Crippen molar-refractivity contribution in [2.75, 3.05) is 5.32 Å². The number of carbonyl (C=O) groups excluding carboxylic acids is 2. The van der Waals surface area contributed by atoms with Gasteiger partial charge in [0.25, 0.3) is 5.91 Å². The number of hydrogen-bond donors (Lipinski definition) is 3. The van der Waals surface area contributed by atoms with Crippen LogP contribution in [0.15, 0.2) is 64.8 Å². The Morgan fingerprint density at radius 1 is 1.04 bits per heavy atom. The maximum atomic E-state index is 12.5. The van der Waals surface area contributed by atoms with E-state index in [1.807, 2.05) is 0 Å². The molecule has 1 aromatic carbocycles. The molecule has 2 heterocycles. The number of urea groups is 1. The van der Waals surface area contributed by atoms with Crippen molar-refractivity contribution in [3.8, 4) is 5.69 Å². The lowest BCUT2D eigenvalue weighted by Gasteiger charge is -2.05. The second-order valence-corrected chi connectivity index (χ2v) is 7.25. The number of aromatic nitrogens is 3. The second-order valence-electron chi connectivity index (χ2n) is 5.35. The fraction of sp³-hybridized carbons (Fsp3) is 0. The van der Waals surface area contributed by atoms with Crippen molar-refractivity contribution in [2.24, 2.45) is 11.5 Å². The molecule has 0 unspecified atom stereocenters. The zero-order chi connectivity index (χ0) is 19.6. The standard InChI is InChI=1S/C16H14N6O4S/c17-15(23)14-12(20-16(18)24)9-22(21-14)10-4-6-11(7-5-10)27(25,26)13-3-1-2-8-19-13/h1-9H,(H2,17,23)(H3,18,20,24). The number of benzene rings is 1. The first-order valence-electron chi connectivity index (χ1n) is 7.51. The molecule has 0 saturated carbocycles. The van der Waals surface area contributed by atoms with E-state index < -0.39 is 21.8 Å². The number of sulfone groups is 1. The van der Waals surface area contributed by atoms with Crippen molar-refractivity contribution in [1.29, 1.82) is 0 Å². The quantitative estimate of drug-likeness (QED) is 0.584. The maximum absolute atomic E-state index is 12.5. The number of rotatable bonds is 5. The van der Waals surface area contributed by atoms with E-state index in [9.17, 15) is 18.0 Å². The van der Waals surface area contributed by atoms with E-state index in [-0.39, 0.29) is 21.3 Å². The van der Waals surface area contributed by atoms with Crippen LogP contribution in [0.4, 0.5) is 10.5 Å². The number of anilines is 1. The minimum Gasteiger partial charge on any atom is -0.364 e. The van der Waals surface area contributed by atoms with Gasteiger partial charge in [0.05, 0.1) is 22.5 Å². The lowest BCUT2D eigenvalue weighted by Crippen LogP contribution is -2.22. The summed E-state index contributed by atoms with van der Waals surface area (Å²) in [6.07, 6.45) is 2.73. The second kappa shape index (κ2) is 6.88. The lowest BCUT2D eigenvalue weighted by atomic mass is 10.3. The Kier molecular flexibility index (Phi) is 4.60. The van der Waals surface area contributed by atoms with Crippen LogP contribution in [0.5, 0.6) is 0 Å². The molecule has 10 nitrogen and oxygen atoms in total. The van der Waals surface area contributed by atoms with Crippen LogP contribution in [-0.2, 0) is 9.84 Å². The molecule has 27 heavy (non-hydrogen) atoms. The van der Waals surface area contributed by atoms with Crippen molar-refractivity contribution < 1.29 is 18.0 Å². The van der Waals surface area contributed by atoms with Crippen LogP contribution in [0, 0.1) is 0 Å². The van der Waals surface area contributed by atoms with E-state index in [0.29, 0.717) is 5.69 Å². The molecule has 0 aliphatic carbocycles. The van der Waals surface area contributed by atoms with Gasteiger partial charge in [0.1, 0.15) is 0 Å². The fourth-order valence-electron chi connectivity index (χ4n) is 2.32. The Morgan fingerprint density at radius 2 is 1.74 bits per heavy atom. The molecule has 0 spiro atoms. The lowest BCUT2D eigenvalue weighted by molar-refractivity contribution is 0.0996. The summed E-state index contributed by atoms with van der Waals surface area (Å²) in [5.74, 6) is -0.855. The molecule has 5 N–H and O–H groups in total. The van der Waals surface area contributed by atoms with Gasteiger partial charge in [0, 0.05) is 6.20 Å². The van der Waals surface area contributed by atoms with E-state index in [1.54, 1.807) is 12.1 Å². The molecule has 2 aromatic heterocycles. The van der Waals surface area contributed by atoms with E-state index in [1.165, 1.54) is 47.4 Å². The molecule has 11 heteroatoms. The highest BCUT2D eigenvalue weighted by atomic mass is 32.2. The van der Waals surface area contributed by atoms with E-state index in [0.717, 1.165) is 0 Å². The number of carbonyl (C=O) groups is 2. The Bertz CT molecular complexity index is 1110. The smallest absolute Gasteiger partial charge is 0.316 e. The van der Waals surface area contributed by atoms with Crippen molar-refractivity contribution in [2.45, 2.75) is 9.92 Å². The van der Waals surface area contributed by atoms with Crippen molar-refractivity contribution in [3.63, 3.8) is 0 Å². The Labute approximate surface area is 153 Å². The molecule has 0 radical (unpaired) electrons. The third-order valence-electron chi connectivity index (χ3n) is 3.53. The van der Waals surface area contributed by atoms with E-state index in [2.05, 4.69) is 15.4 Å². The van der Waals surface area contributed by atoms with Gasteiger partial charge in [-0.3, -0.25) is 4.79 Å². The van der Waals surface area contributed by atoms with Gasteiger partial charge in [-0.15, -0.1) is 0 Å². The zero-order valence-electron chi connectivity index (χ0n) is 13.7. The van der Waals surface area contributed by atoms with Gasteiger partial charge in [0.15, 0.2) is 10.7 Å². The highest BCUT2D eigenvalue weighted by Crippen LogP contribution is 2.22. The van der Waals surface area contributed by atoms with Gasteiger partial charge in [-0.2, -0.15) is 5.10 Å². The summed E-state index contributed by atoms with van der Waals surface area (Å²) in [5.41, 5.74) is 10.6. The molecule has 3 rings (SSSR count). The first-order valence-corrected chi connectivity index (χ1v) is 9.00. The highest BCUT2D eigenvalue weighted by molar-refractivity contribution is 7.91. The Hall–Kier alpha value is -3.73. The Morgan fingerprint density at radius 3 is 2.30 bits per heavy atom. The third kappa shape index (κ3) is 3.62. The minimum absolute atomic E-state index is 0.0418. The molecule has 138 valence electrons. The van der Waals surface area contributed by atoms with E-state index in [4.69, 9.17) is 11.5 Å². The predicted octanol–water partition coefficient (Wildman–Crippen LogP) is 0.690. The number of nitrogens with one attached hydrogen (secondary N) is 1. The summed E-state index contributed by atoms with van der Waals surface area (Å²) in [6, 6.07) is 9.46. The van der Waals surface area contributed by atoms with Gasteiger partial charge >= 0.3 is 6.03 Å². The molecule has 0 atom stereocenters. The largest absolute Gasteiger partial charge is 0.364 e. The molecule has 3 aromatic rings. The van der Waals surface area contributed by atoms with Gasteiger partial charge in [-0.05, 0) is 36.4 Å². The summed E-state index contributed by atoms with van der Waals surface area (Å²) < 4.78 is 26.4. The van der Waals surface area contributed by atoms with Gasteiger partial charge in [0.2, 0.25) is 9.84 Å². The molecule has 0 aliphatic rings. The molecular weight excluding hydrogens is 372 g/mol. The van der Waals surface area contributed by atoms with Crippen LogP contribution in [-0.4, -0.2) is 35.1 Å². The van der Waals surface area contributed by atoms with Crippen LogP contribution in [0.25, 0.3) is 5.69 Å². The topological polar surface area (TPSA) is 163 Å². The molecule has 0 aliphatic heterocycles. The number of amides is 3. The normalized spacial score (nSPS) is 11.1. The van der Waals surface area contributed by atoms with Crippen LogP contribution in [0.2, 0.25) is 0 Å². The summed E-state index contributed by atoms with van der Waals surface area (Å²) in [6.45, 7) is 0. The van der Waals surface area contributed by atoms with Crippen LogP contribution in [0.3, 0.4) is 0 Å². The van der Waals surface area contributed by atoms with Gasteiger partial charge in [-0.25, -0.2) is 22.9 Å². The number of pyridine rings is 1. The predicted molar refractivity (Wildman–Crippen MR) is 95.0 cm³/mol. The summed E-state index contributed by atoms with van der Waals surface area (Å²) >= 11 is 0. The average Bonchev–Trinajstić information content (AvgIpc) is 3.06. The van der Waals surface area contributed by atoms with Crippen LogP contribution >= 0.6 is 0 Å². The van der Waals surface area contributed by atoms with Crippen LogP contribution < -0.4 is 16.8 Å². The van der Waals surface area contributed by atoms with Crippen molar-refractivity contribution >= 4 is 27.5 Å². The molecule has 0 saturated heterocycles. The SMILES string of the molecule is NC(=O)Nc1cn(-c2ccc(S(=O)(=O)c3ccccn3)cc2)nc1C(N)=O. The Balaban J connectivity index is 1.97. The minimum atomic E-state index is -3.76. The fourth-order valence-corrected chi connectivity index (χ4v) is 3.51. The maximum Gasteiger partial charge on any atom is 0.316 e. The molecule has 0 fully saturated rings. The van der Waals surface area contributed by atoms with Gasteiger partial charge in [-0.1, -0.05) is 6.07 Å². The third-order valence-corrected chi connectivity index (χ3v) is 5.22. The molecule has 0 bridgehead atoms. The monoisotopic (exact) mass is 386 g/mol. The van der Waals surface area contributed by atoms with Crippen molar-refractivity contribution in [1.82, 2.24) is 14.8 Å². The average molecular weight is 386 g/mol. The van der Waals surface area contributed by atoms with Crippen molar-refractivity contribution in [3.05, 3.63) is 60.6 Å². The van der Waals surface area contributed by atoms with Gasteiger partial charge < -0.3 is 16.8 Å². The number of hydrogen-bond acceptors (Lipinski definition) is 6. The zero-order valence-corrected chi connectivity index (χ0v) is 14.6. The van der Waals surface area contributed by atoms with E-state index >= 15 is 0 Å². The summed E-state index contributed by atoms with van der Waals surface area (Å²) in [5, 5.41) is 6.18. The number of nitrogens with zero attached hydrogens (tertiary/aromatic N) is 3. The van der Waals surface area contributed by atoms with Crippen LogP contribution in [0.1, 0.15) is 10.5 Å². The molecule has 3 amide bonds. The number of primary amides is 2. The summed E-state index contributed by atoms with van der Waals surface area (Å²) in [7, 11) is -3.76. The molecular formula is C16H14N6O4S. The highest BCUT2D eigenvalue weighted by Gasteiger charge is 2.20. The first-order chi connectivity index (χ1) is 12.8. The summed E-state index contributed by atoms with van der Waals surface area (Å²) in [4.78, 5) is 26.4. The number of nitrogens with two attached hydrogens (primary N) is 2. The first kappa shape index (κ1) is 18.1.